The predicted octanol–water partition coefficient (Wildman–Crippen LogP) is 3.95. The zero-order valence-electron chi connectivity index (χ0n) is 16.4. The van der Waals surface area contributed by atoms with E-state index >= 15 is 0 Å². The summed E-state index contributed by atoms with van der Waals surface area (Å²) in [5.41, 5.74) is 1.32. The highest BCUT2D eigenvalue weighted by Gasteiger charge is 2.23. The summed E-state index contributed by atoms with van der Waals surface area (Å²) in [5.74, 6) is 0.602. The second kappa shape index (κ2) is 9.66. The van der Waals surface area contributed by atoms with Gasteiger partial charge in [-0.25, -0.2) is 0 Å². The van der Waals surface area contributed by atoms with Crippen LogP contribution in [-0.2, 0) is 11.3 Å². The zero-order chi connectivity index (χ0) is 20.1. The number of carbonyl (C=O) groups excluding carboxylic acids is 1. The van der Waals surface area contributed by atoms with Gasteiger partial charge in [0.1, 0.15) is 6.54 Å². The second-order valence-corrected chi connectivity index (χ2v) is 9.18. The Labute approximate surface area is 181 Å². The minimum atomic E-state index is 0.134. The van der Waals surface area contributed by atoms with E-state index in [1.54, 1.807) is 16.7 Å². The van der Waals surface area contributed by atoms with E-state index < -0.39 is 0 Å². The number of rotatable bonds is 6. The number of benzene rings is 3. The fraction of sp³-hybridized carbons (Fsp3) is 0.292. The molecule has 3 aromatic carbocycles. The summed E-state index contributed by atoms with van der Waals surface area (Å²) in [6, 6.07) is 23.1. The van der Waals surface area contributed by atoms with Gasteiger partial charge in [-0.2, -0.15) is 0 Å². The van der Waals surface area contributed by atoms with Crippen molar-refractivity contribution in [3.63, 3.8) is 0 Å². The zero-order valence-corrected chi connectivity index (χ0v) is 17.9. The molecule has 1 fully saturated rings. The number of carbonyl (C=O) groups is 1. The van der Waals surface area contributed by atoms with E-state index in [0.29, 0.717) is 11.8 Å². The molecule has 1 aliphatic rings. The SMILES string of the molecule is O=C(CSc1ccc2ccccc2c1)NC1CC[NH+](Cc2ccc(Cl)cc2)CC1. The maximum absolute atomic E-state index is 12.4. The van der Waals surface area contributed by atoms with Gasteiger partial charge in [0.05, 0.1) is 18.8 Å². The van der Waals surface area contributed by atoms with E-state index in [4.69, 9.17) is 11.6 Å². The van der Waals surface area contributed by atoms with Crippen LogP contribution in [0.5, 0.6) is 0 Å². The van der Waals surface area contributed by atoms with Crippen molar-refractivity contribution in [1.29, 1.82) is 0 Å². The van der Waals surface area contributed by atoms with E-state index in [-0.39, 0.29) is 5.91 Å². The first-order valence-corrected chi connectivity index (χ1v) is 11.5. The van der Waals surface area contributed by atoms with Crippen LogP contribution in [-0.4, -0.2) is 30.8 Å². The Morgan fingerprint density at radius 1 is 1.00 bits per heavy atom. The molecule has 0 bridgehead atoms. The maximum atomic E-state index is 12.4. The Balaban J connectivity index is 1.20. The second-order valence-electron chi connectivity index (χ2n) is 7.69. The summed E-state index contributed by atoms with van der Waals surface area (Å²) in [4.78, 5) is 15.1. The molecular weight excluding hydrogens is 400 g/mol. The summed E-state index contributed by atoms with van der Waals surface area (Å²) in [6.07, 6.45) is 2.07. The van der Waals surface area contributed by atoms with Crippen LogP contribution in [0, 0.1) is 0 Å². The highest BCUT2D eigenvalue weighted by molar-refractivity contribution is 8.00. The van der Waals surface area contributed by atoms with Gasteiger partial charge in [0, 0.05) is 34.4 Å². The molecule has 0 radical (unpaired) electrons. The molecule has 150 valence electrons. The van der Waals surface area contributed by atoms with Crippen molar-refractivity contribution in [3.8, 4) is 0 Å². The highest BCUT2D eigenvalue weighted by Crippen LogP contribution is 2.23. The molecule has 2 N–H and O–H groups in total. The number of thioether (sulfide) groups is 1. The van der Waals surface area contributed by atoms with Crippen LogP contribution < -0.4 is 10.2 Å². The smallest absolute Gasteiger partial charge is 0.230 e. The first-order chi connectivity index (χ1) is 14.2. The number of piperidine rings is 1. The van der Waals surface area contributed by atoms with E-state index in [2.05, 4.69) is 47.8 Å². The summed E-state index contributed by atoms with van der Waals surface area (Å²) >= 11 is 7.57. The number of hydrogen-bond acceptors (Lipinski definition) is 2. The monoisotopic (exact) mass is 425 g/mol. The van der Waals surface area contributed by atoms with Crippen molar-refractivity contribution < 1.29 is 9.69 Å². The lowest BCUT2D eigenvalue weighted by Crippen LogP contribution is -3.12. The van der Waals surface area contributed by atoms with Crippen LogP contribution in [0.4, 0.5) is 0 Å². The minimum Gasteiger partial charge on any atom is -0.352 e. The lowest BCUT2D eigenvalue weighted by Gasteiger charge is -2.29. The molecule has 0 aliphatic carbocycles. The van der Waals surface area contributed by atoms with Gasteiger partial charge in [-0.1, -0.05) is 54.1 Å². The van der Waals surface area contributed by atoms with Crippen molar-refractivity contribution in [2.24, 2.45) is 0 Å². The van der Waals surface area contributed by atoms with Crippen molar-refractivity contribution in [3.05, 3.63) is 77.3 Å². The minimum absolute atomic E-state index is 0.134. The van der Waals surface area contributed by atoms with Crippen LogP contribution >= 0.6 is 23.4 Å². The highest BCUT2D eigenvalue weighted by atomic mass is 35.5. The van der Waals surface area contributed by atoms with Gasteiger partial charge < -0.3 is 10.2 Å². The number of hydrogen-bond donors (Lipinski definition) is 2. The standard InChI is InChI=1S/C24H25ClN2OS/c25-21-8-5-18(6-9-21)16-27-13-11-22(12-14-27)26-24(28)17-29-23-10-7-19-3-1-2-4-20(19)15-23/h1-10,15,22H,11-14,16-17H2,(H,26,28)/p+1. The van der Waals surface area contributed by atoms with Crippen LogP contribution in [0.2, 0.25) is 5.02 Å². The molecule has 4 rings (SSSR count). The molecule has 5 heteroatoms. The van der Waals surface area contributed by atoms with E-state index in [1.165, 1.54) is 16.3 Å². The van der Waals surface area contributed by atoms with Gasteiger partial charge in [-0.05, 0) is 35.0 Å². The summed E-state index contributed by atoms with van der Waals surface area (Å²) in [5, 5.41) is 6.46. The molecular formula is C24H26ClN2OS+. The van der Waals surface area contributed by atoms with Crippen LogP contribution in [0.3, 0.4) is 0 Å². The molecule has 29 heavy (non-hydrogen) atoms. The Bertz CT molecular complexity index is 968. The van der Waals surface area contributed by atoms with Gasteiger partial charge in [0.2, 0.25) is 5.91 Å². The topological polar surface area (TPSA) is 33.5 Å². The average molecular weight is 426 g/mol. The predicted molar refractivity (Wildman–Crippen MR) is 122 cm³/mol. The van der Waals surface area contributed by atoms with Crippen LogP contribution in [0.25, 0.3) is 10.8 Å². The normalized spacial score (nSPS) is 19.2. The molecule has 0 spiro atoms. The molecule has 1 heterocycles. The van der Waals surface area contributed by atoms with E-state index in [9.17, 15) is 4.79 Å². The number of likely N-dealkylation sites (tertiary alicyclic amines) is 1. The van der Waals surface area contributed by atoms with Gasteiger partial charge >= 0.3 is 0 Å². The molecule has 1 amide bonds. The molecule has 3 nitrogen and oxygen atoms in total. The quantitative estimate of drug-likeness (QED) is 0.586. The van der Waals surface area contributed by atoms with Crippen molar-refractivity contribution in [2.45, 2.75) is 30.3 Å². The third-order valence-corrected chi connectivity index (χ3v) is 6.76. The number of quaternary nitrogens is 1. The van der Waals surface area contributed by atoms with Crippen LogP contribution in [0.1, 0.15) is 18.4 Å². The first-order valence-electron chi connectivity index (χ1n) is 10.1. The van der Waals surface area contributed by atoms with Gasteiger partial charge in [0.15, 0.2) is 0 Å². The Hall–Kier alpha value is -2.01. The maximum Gasteiger partial charge on any atom is 0.230 e. The largest absolute Gasteiger partial charge is 0.352 e. The first kappa shape index (κ1) is 20.3. The van der Waals surface area contributed by atoms with Gasteiger partial charge in [-0.15, -0.1) is 11.8 Å². The Kier molecular flexibility index (Phi) is 6.75. The fourth-order valence-corrected chi connectivity index (χ4v) is 4.80. The van der Waals surface area contributed by atoms with E-state index in [0.717, 1.165) is 42.4 Å². The lowest BCUT2D eigenvalue weighted by molar-refractivity contribution is -0.918. The van der Waals surface area contributed by atoms with Crippen LogP contribution in [0.15, 0.2) is 71.6 Å². The van der Waals surface area contributed by atoms with Crippen molar-refractivity contribution >= 4 is 40.0 Å². The number of halogens is 1. The van der Waals surface area contributed by atoms with Gasteiger partial charge in [-0.3, -0.25) is 4.79 Å². The molecule has 1 saturated heterocycles. The molecule has 1 aliphatic heterocycles. The summed E-state index contributed by atoms with van der Waals surface area (Å²) in [7, 11) is 0. The summed E-state index contributed by atoms with van der Waals surface area (Å²) in [6.45, 7) is 3.20. The number of fused-ring (bicyclic) bond motifs is 1. The lowest BCUT2D eigenvalue weighted by atomic mass is 10.0. The molecule has 3 aromatic rings. The number of nitrogens with one attached hydrogen (secondary N) is 2. The average Bonchev–Trinajstić information content (AvgIpc) is 2.75. The van der Waals surface area contributed by atoms with Gasteiger partial charge in [0.25, 0.3) is 0 Å². The number of amides is 1. The molecule has 0 saturated carbocycles. The molecule has 0 unspecified atom stereocenters. The fourth-order valence-electron chi connectivity index (χ4n) is 3.91. The molecule has 0 atom stereocenters. The van der Waals surface area contributed by atoms with Crippen molar-refractivity contribution in [2.75, 3.05) is 18.8 Å². The van der Waals surface area contributed by atoms with Crippen molar-refractivity contribution in [1.82, 2.24) is 5.32 Å². The Morgan fingerprint density at radius 2 is 1.72 bits per heavy atom. The van der Waals surface area contributed by atoms with E-state index in [1.807, 2.05) is 24.3 Å². The molecule has 0 aromatic heterocycles. The summed E-state index contributed by atoms with van der Waals surface area (Å²) < 4.78 is 0. The third kappa shape index (κ3) is 5.75. The third-order valence-electron chi connectivity index (χ3n) is 5.52. The Morgan fingerprint density at radius 3 is 2.48 bits per heavy atom.